The summed E-state index contributed by atoms with van der Waals surface area (Å²) in [5.41, 5.74) is 8.33. The van der Waals surface area contributed by atoms with Crippen molar-refractivity contribution in [3.05, 3.63) is 29.6 Å². The van der Waals surface area contributed by atoms with Gasteiger partial charge in [0.1, 0.15) is 0 Å². The Morgan fingerprint density at radius 3 is 2.82 bits per heavy atom. The molecule has 3 nitrogen and oxygen atoms in total. The highest BCUT2D eigenvalue weighted by molar-refractivity contribution is 5.21. The summed E-state index contributed by atoms with van der Waals surface area (Å²) in [6.07, 6.45) is 7.67. The van der Waals surface area contributed by atoms with E-state index in [0.29, 0.717) is 0 Å². The van der Waals surface area contributed by atoms with Crippen molar-refractivity contribution in [3.63, 3.8) is 0 Å². The molecular weight excluding hydrogens is 210 g/mol. The van der Waals surface area contributed by atoms with Crippen LogP contribution in [0.5, 0.6) is 0 Å². The van der Waals surface area contributed by atoms with Crippen molar-refractivity contribution in [2.24, 2.45) is 11.7 Å². The van der Waals surface area contributed by atoms with Crippen LogP contribution in [0.2, 0.25) is 0 Å². The van der Waals surface area contributed by atoms with Crippen molar-refractivity contribution in [1.29, 1.82) is 0 Å². The van der Waals surface area contributed by atoms with Gasteiger partial charge in [0.15, 0.2) is 0 Å². The van der Waals surface area contributed by atoms with E-state index < -0.39 is 0 Å². The Morgan fingerprint density at radius 1 is 1.41 bits per heavy atom. The molecule has 2 N–H and O–H groups in total. The fourth-order valence-corrected chi connectivity index (χ4v) is 2.57. The number of hydrogen-bond donors (Lipinski definition) is 1. The minimum Gasteiger partial charge on any atom is -0.330 e. The lowest BCUT2D eigenvalue weighted by Gasteiger charge is -2.32. The summed E-state index contributed by atoms with van der Waals surface area (Å²) in [6, 6.07) is 2.09. The van der Waals surface area contributed by atoms with Gasteiger partial charge >= 0.3 is 0 Å². The molecule has 3 heteroatoms. The molecule has 1 aromatic rings. The minimum atomic E-state index is 0.840. The maximum Gasteiger partial charge on any atom is 0.0315 e. The summed E-state index contributed by atoms with van der Waals surface area (Å²) in [5, 5.41) is 0. The molecule has 1 aromatic heterocycles. The average molecular weight is 233 g/mol. The third-order valence-corrected chi connectivity index (χ3v) is 3.82. The maximum atomic E-state index is 5.62. The van der Waals surface area contributed by atoms with Gasteiger partial charge in [-0.05, 0) is 68.9 Å². The van der Waals surface area contributed by atoms with Crippen LogP contribution >= 0.6 is 0 Å². The smallest absolute Gasteiger partial charge is 0.0315 e. The normalized spacial score (nSPS) is 18.5. The first-order chi connectivity index (χ1) is 8.29. The van der Waals surface area contributed by atoms with Crippen LogP contribution in [0.15, 0.2) is 18.5 Å². The molecule has 1 saturated heterocycles. The van der Waals surface area contributed by atoms with Gasteiger partial charge < -0.3 is 5.73 Å². The topological polar surface area (TPSA) is 42.2 Å². The summed E-state index contributed by atoms with van der Waals surface area (Å²) in [4.78, 5) is 6.75. The Kier molecular flexibility index (Phi) is 4.51. The Hall–Kier alpha value is -0.930. The quantitative estimate of drug-likeness (QED) is 0.864. The molecule has 0 aromatic carbocycles. The van der Waals surface area contributed by atoms with E-state index in [4.69, 9.17) is 5.73 Å². The zero-order valence-corrected chi connectivity index (χ0v) is 10.7. The molecule has 0 atom stereocenters. The fraction of sp³-hybridized carbons (Fsp3) is 0.643. The van der Waals surface area contributed by atoms with Crippen LogP contribution in [0, 0.1) is 12.8 Å². The monoisotopic (exact) mass is 233 g/mol. The van der Waals surface area contributed by atoms with Crippen molar-refractivity contribution < 1.29 is 0 Å². The Morgan fingerprint density at radius 2 is 2.18 bits per heavy atom. The molecule has 0 saturated carbocycles. The van der Waals surface area contributed by atoms with Gasteiger partial charge in [-0.15, -0.1) is 0 Å². The molecule has 0 unspecified atom stereocenters. The molecule has 1 fully saturated rings. The van der Waals surface area contributed by atoms with Crippen LogP contribution in [-0.2, 0) is 6.54 Å². The average Bonchev–Trinajstić information content (AvgIpc) is 2.35. The first-order valence-corrected chi connectivity index (χ1v) is 6.61. The van der Waals surface area contributed by atoms with Crippen molar-refractivity contribution in [2.75, 3.05) is 19.6 Å². The van der Waals surface area contributed by atoms with E-state index in [1.165, 1.54) is 43.5 Å². The number of rotatable bonds is 4. The number of aryl methyl sites for hydroxylation is 1. The van der Waals surface area contributed by atoms with Gasteiger partial charge in [-0.25, -0.2) is 0 Å². The Balaban J connectivity index is 1.84. The maximum absolute atomic E-state index is 5.62. The second-order valence-electron chi connectivity index (χ2n) is 5.10. The Labute approximate surface area is 104 Å². The van der Waals surface area contributed by atoms with Crippen molar-refractivity contribution in [2.45, 2.75) is 32.7 Å². The molecule has 0 radical (unpaired) electrons. The van der Waals surface area contributed by atoms with Crippen LogP contribution in [0.1, 0.15) is 30.4 Å². The summed E-state index contributed by atoms with van der Waals surface area (Å²) < 4.78 is 0. The third kappa shape index (κ3) is 3.51. The first kappa shape index (κ1) is 12.5. The van der Waals surface area contributed by atoms with Crippen LogP contribution < -0.4 is 5.73 Å². The summed E-state index contributed by atoms with van der Waals surface area (Å²) >= 11 is 0. The molecule has 0 spiro atoms. The molecule has 1 aliphatic heterocycles. The first-order valence-electron chi connectivity index (χ1n) is 6.61. The molecular formula is C14H23N3. The van der Waals surface area contributed by atoms with Crippen LogP contribution in [-0.4, -0.2) is 29.5 Å². The highest BCUT2D eigenvalue weighted by atomic mass is 15.1. The van der Waals surface area contributed by atoms with Crippen molar-refractivity contribution in [1.82, 2.24) is 9.88 Å². The zero-order chi connectivity index (χ0) is 12.1. The highest BCUT2D eigenvalue weighted by Crippen LogP contribution is 2.21. The SMILES string of the molecule is Cc1ccncc1CN1CCC(CCN)CC1. The number of piperidine rings is 1. The van der Waals surface area contributed by atoms with E-state index in [1.807, 2.05) is 12.4 Å². The number of nitrogens with zero attached hydrogens (tertiary/aromatic N) is 2. The lowest BCUT2D eigenvalue weighted by atomic mass is 9.93. The standard InChI is InChI=1S/C14H23N3/c1-12-3-7-16-10-14(12)11-17-8-4-13(2-6-15)5-9-17/h3,7,10,13H,2,4-6,8-9,11,15H2,1H3. The lowest BCUT2D eigenvalue weighted by molar-refractivity contribution is 0.173. The Bertz CT molecular complexity index is 343. The third-order valence-electron chi connectivity index (χ3n) is 3.82. The summed E-state index contributed by atoms with van der Waals surface area (Å²) in [7, 11) is 0. The predicted molar refractivity (Wildman–Crippen MR) is 70.6 cm³/mol. The van der Waals surface area contributed by atoms with E-state index in [9.17, 15) is 0 Å². The number of likely N-dealkylation sites (tertiary alicyclic amines) is 1. The minimum absolute atomic E-state index is 0.840. The van der Waals surface area contributed by atoms with E-state index >= 15 is 0 Å². The van der Waals surface area contributed by atoms with Gasteiger partial charge in [0, 0.05) is 18.9 Å². The zero-order valence-electron chi connectivity index (χ0n) is 10.7. The van der Waals surface area contributed by atoms with Crippen LogP contribution in [0.3, 0.4) is 0 Å². The van der Waals surface area contributed by atoms with E-state index in [2.05, 4.69) is 22.9 Å². The van der Waals surface area contributed by atoms with E-state index in [1.54, 1.807) is 0 Å². The highest BCUT2D eigenvalue weighted by Gasteiger charge is 2.18. The number of pyridine rings is 1. The summed E-state index contributed by atoms with van der Waals surface area (Å²) in [6.45, 7) is 6.47. The molecule has 1 aliphatic rings. The van der Waals surface area contributed by atoms with Crippen molar-refractivity contribution >= 4 is 0 Å². The van der Waals surface area contributed by atoms with E-state index in [-0.39, 0.29) is 0 Å². The van der Waals surface area contributed by atoms with Gasteiger partial charge in [0.2, 0.25) is 0 Å². The molecule has 94 valence electrons. The van der Waals surface area contributed by atoms with Gasteiger partial charge in [-0.2, -0.15) is 0 Å². The van der Waals surface area contributed by atoms with E-state index in [0.717, 1.165) is 19.0 Å². The number of hydrogen-bond acceptors (Lipinski definition) is 3. The second kappa shape index (κ2) is 6.12. The van der Waals surface area contributed by atoms with Crippen LogP contribution in [0.4, 0.5) is 0 Å². The number of nitrogens with two attached hydrogens (primary N) is 1. The molecule has 0 bridgehead atoms. The predicted octanol–water partition coefficient (Wildman–Crippen LogP) is 1.95. The molecule has 0 amide bonds. The molecule has 17 heavy (non-hydrogen) atoms. The largest absolute Gasteiger partial charge is 0.330 e. The fourth-order valence-electron chi connectivity index (χ4n) is 2.57. The molecule has 2 heterocycles. The van der Waals surface area contributed by atoms with Gasteiger partial charge in [-0.1, -0.05) is 0 Å². The second-order valence-corrected chi connectivity index (χ2v) is 5.10. The van der Waals surface area contributed by atoms with Crippen LogP contribution in [0.25, 0.3) is 0 Å². The lowest BCUT2D eigenvalue weighted by Crippen LogP contribution is -2.34. The number of aromatic nitrogens is 1. The van der Waals surface area contributed by atoms with Crippen molar-refractivity contribution in [3.8, 4) is 0 Å². The molecule has 2 rings (SSSR count). The van der Waals surface area contributed by atoms with Gasteiger partial charge in [0.05, 0.1) is 0 Å². The van der Waals surface area contributed by atoms with Gasteiger partial charge in [-0.3, -0.25) is 9.88 Å². The summed E-state index contributed by atoms with van der Waals surface area (Å²) in [5.74, 6) is 0.853. The molecule has 0 aliphatic carbocycles. The van der Waals surface area contributed by atoms with Gasteiger partial charge in [0.25, 0.3) is 0 Å².